The molecule has 1 aromatic heterocycles. The molecule has 0 N–H and O–H groups in total. The molecular weight excluding hydrogens is 172 g/mol. The second-order valence-electron chi connectivity index (χ2n) is 2.77. The predicted molar refractivity (Wildman–Crippen MR) is 60.6 cm³/mol. The molecule has 14 heavy (non-hydrogen) atoms. The van der Waals surface area contributed by atoms with Gasteiger partial charge in [0.05, 0.1) is 0 Å². The van der Waals surface area contributed by atoms with Gasteiger partial charge in [0.2, 0.25) is 0 Å². The lowest BCUT2D eigenvalue weighted by molar-refractivity contribution is 0.844. The minimum atomic E-state index is 0.420. The number of allylic oxidation sites excluding steroid dienone is 1. The Hall–Kier alpha value is -1.44. The maximum Gasteiger partial charge on any atom is 0.0476 e. The quantitative estimate of drug-likeness (QED) is 0.664. The molecule has 1 aliphatic heterocycles. The van der Waals surface area contributed by atoms with Gasteiger partial charge in [-0.25, -0.2) is 0 Å². The number of aliphatic imine (C=N–C) groups is 1. The SMILES string of the molecule is C1=CC(c2ccccn2)CC=N1.CC. The van der Waals surface area contributed by atoms with Crippen molar-refractivity contribution in [1.82, 2.24) is 4.98 Å². The molecule has 0 bridgehead atoms. The van der Waals surface area contributed by atoms with Crippen LogP contribution in [0.2, 0.25) is 0 Å². The molecule has 74 valence electrons. The zero-order chi connectivity index (χ0) is 10.2. The third kappa shape index (κ3) is 2.80. The fourth-order valence-electron chi connectivity index (χ4n) is 1.28. The molecule has 0 saturated carbocycles. The number of rotatable bonds is 1. The zero-order valence-corrected chi connectivity index (χ0v) is 8.72. The van der Waals surface area contributed by atoms with Crippen molar-refractivity contribution in [2.45, 2.75) is 26.2 Å². The van der Waals surface area contributed by atoms with E-state index in [2.05, 4.69) is 16.1 Å². The summed E-state index contributed by atoms with van der Waals surface area (Å²) in [5, 5.41) is 0. The molecule has 1 unspecified atom stereocenters. The highest BCUT2D eigenvalue weighted by Gasteiger charge is 2.08. The van der Waals surface area contributed by atoms with E-state index >= 15 is 0 Å². The minimum absolute atomic E-state index is 0.420. The molecule has 2 nitrogen and oxygen atoms in total. The van der Waals surface area contributed by atoms with Gasteiger partial charge < -0.3 is 0 Å². The van der Waals surface area contributed by atoms with Crippen LogP contribution in [0.1, 0.15) is 31.9 Å². The normalized spacial score (nSPS) is 18.6. The number of hydrogen-bond donors (Lipinski definition) is 0. The fraction of sp³-hybridized carbons (Fsp3) is 0.333. The first-order valence-corrected chi connectivity index (χ1v) is 5.06. The number of pyridine rings is 1. The lowest BCUT2D eigenvalue weighted by Gasteiger charge is -2.10. The fourth-order valence-corrected chi connectivity index (χ4v) is 1.28. The highest BCUT2D eigenvalue weighted by atomic mass is 14.7. The number of aromatic nitrogens is 1. The second kappa shape index (κ2) is 6.08. The molecule has 1 aromatic rings. The Kier molecular flexibility index (Phi) is 4.62. The molecular formula is C12H16N2. The van der Waals surface area contributed by atoms with Gasteiger partial charge >= 0.3 is 0 Å². The summed E-state index contributed by atoms with van der Waals surface area (Å²) in [5.74, 6) is 0.420. The summed E-state index contributed by atoms with van der Waals surface area (Å²) in [5.41, 5.74) is 1.12. The predicted octanol–water partition coefficient (Wildman–Crippen LogP) is 3.18. The molecule has 0 spiro atoms. The van der Waals surface area contributed by atoms with E-state index in [0.29, 0.717) is 5.92 Å². The Balaban J connectivity index is 0.000000461. The highest BCUT2D eigenvalue weighted by Crippen LogP contribution is 2.19. The van der Waals surface area contributed by atoms with Gasteiger partial charge in [0.1, 0.15) is 0 Å². The summed E-state index contributed by atoms with van der Waals surface area (Å²) in [6, 6.07) is 6.00. The Labute approximate surface area is 85.4 Å². The molecule has 0 saturated heterocycles. The summed E-state index contributed by atoms with van der Waals surface area (Å²) in [7, 11) is 0. The molecule has 0 fully saturated rings. The Morgan fingerprint density at radius 2 is 2.14 bits per heavy atom. The number of nitrogens with zero attached hydrogens (tertiary/aromatic N) is 2. The Bertz CT molecular complexity index is 301. The maximum absolute atomic E-state index is 4.29. The van der Waals surface area contributed by atoms with Crippen molar-refractivity contribution in [1.29, 1.82) is 0 Å². The molecule has 2 rings (SSSR count). The third-order valence-electron chi connectivity index (χ3n) is 1.94. The molecule has 1 aliphatic rings. The zero-order valence-electron chi connectivity index (χ0n) is 8.72. The summed E-state index contributed by atoms with van der Waals surface area (Å²) in [4.78, 5) is 8.31. The first-order chi connectivity index (χ1) is 6.97. The van der Waals surface area contributed by atoms with Crippen LogP contribution in [0.15, 0.2) is 41.7 Å². The summed E-state index contributed by atoms with van der Waals surface area (Å²) >= 11 is 0. The van der Waals surface area contributed by atoms with Gasteiger partial charge in [-0.2, -0.15) is 0 Å². The van der Waals surface area contributed by atoms with E-state index in [9.17, 15) is 0 Å². The lowest BCUT2D eigenvalue weighted by atomic mass is 10.0. The summed E-state index contributed by atoms with van der Waals surface area (Å²) in [6.07, 6.45) is 8.65. The van der Waals surface area contributed by atoms with Crippen LogP contribution in [0.5, 0.6) is 0 Å². The van der Waals surface area contributed by atoms with E-state index in [1.807, 2.05) is 50.7 Å². The lowest BCUT2D eigenvalue weighted by Crippen LogP contribution is -2.00. The second-order valence-corrected chi connectivity index (χ2v) is 2.77. The average Bonchev–Trinajstić information content (AvgIpc) is 2.34. The smallest absolute Gasteiger partial charge is 0.0476 e. The number of hydrogen-bond acceptors (Lipinski definition) is 2. The van der Waals surface area contributed by atoms with Crippen molar-refractivity contribution in [2.24, 2.45) is 4.99 Å². The summed E-state index contributed by atoms with van der Waals surface area (Å²) in [6.45, 7) is 4.00. The molecule has 1 atom stereocenters. The maximum atomic E-state index is 4.29. The van der Waals surface area contributed by atoms with E-state index in [1.165, 1.54) is 0 Å². The standard InChI is InChI=1S/C10H10N2.C2H6/c1-2-6-12-10(3-1)9-4-7-11-8-5-9;1-2/h1-4,6-9H,5H2;1-2H3. The van der Waals surface area contributed by atoms with Crippen molar-refractivity contribution >= 4 is 6.21 Å². The highest BCUT2D eigenvalue weighted by molar-refractivity contribution is 5.61. The molecule has 2 heterocycles. The molecule has 0 amide bonds. The first kappa shape index (κ1) is 10.6. The van der Waals surface area contributed by atoms with Crippen LogP contribution in [-0.4, -0.2) is 11.2 Å². The van der Waals surface area contributed by atoms with Crippen molar-refractivity contribution in [3.8, 4) is 0 Å². The Morgan fingerprint density at radius 3 is 2.71 bits per heavy atom. The van der Waals surface area contributed by atoms with E-state index in [0.717, 1.165) is 12.1 Å². The van der Waals surface area contributed by atoms with Crippen LogP contribution in [-0.2, 0) is 0 Å². The van der Waals surface area contributed by atoms with Gasteiger partial charge in [-0.05, 0) is 18.6 Å². The van der Waals surface area contributed by atoms with E-state index in [1.54, 1.807) is 0 Å². The van der Waals surface area contributed by atoms with Gasteiger partial charge in [0, 0.05) is 30.2 Å². The minimum Gasteiger partial charge on any atom is -0.269 e. The van der Waals surface area contributed by atoms with Gasteiger partial charge in [0.25, 0.3) is 0 Å². The van der Waals surface area contributed by atoms with Crippen LogP contribution in [0, 0.1) is 0 Å². The van der Waals surface area contributed by atoms with E-state index in [-0.39, 0.29) is 0 Å². The van der Waals surface area contributed by atoms with Crippen LogP contribution >= 0.6 is 0 Å². The van der Waals surface area contributed by atoms with Crippen LogP contribution in [0.3, 0.4) is 0 Å². The average molecular weight is 188 g/mol. The van der Waals surface area contributed by atoms with E-state index in [4.69, 9.17) is 0 Å². The van der Waals surface area contributed by atoms with Crippen molar-refractivity contribution in [2.75, 3.05) is 0 Å². The molecule has 0 aliphatic carbocycles. The molecule has 2 heteroatoms. The van der Waals surface area contributed by atoms with Gasteiger partial charge in [-0.15, -0.1) is 0 Å². The Morgan fingerprint density at radius 1 is 1.29 bits per heavy atom. The van der Waals surface area contributed by atoms with Crippen LogP contribution < -0.4 is 0 Å². The van der Waals surface area contributed by atoms with Crippen LogP contribution in [0.25, 0.3) is 0 Å². The van der Waals surface area contributed by atoms with Gasteiger partial charge in [-0.1, -0.05) is 26.0 Å². The largest absolute Gasteiger partial charge is 0.269 e. The third-order valence-corrected chi connectivity index (χ3v) is 1.94. The van der Waals surface area contributed by atoms with Crippen molar-refractivity contribution < 1.29 is 0 Å². The van der Waals surface area contributed by atoms with Crippen molar-refractivity contribution in [3.63, 3.8) is 0 Å². The molecule has 0 aromatic carbocycles. The first-order valence-electron chi connectivity index (χ1n) is 5.06. The van der Waals surface area contributed by atoms with E-state index < -0.39 is 0 Å². The molecule has 0 radical (unpaired) electrons. The topological polar surface area (TPSA) is 25.2 Å². The van der Waals surface area contributed by atoms with Gasteiger partial charge in [-0.3, -0.25) is 9.98 Å². The van der Waals surface area contributed by atoms with Gasteiger partial charge in [0.15, 0.2) is 0 Å². The monoisotopic (exact) mass is 188 g/mol. The van der Waals surface area contributed by atoms with Crippen LogP contribution in [0.4, 0.5) is 0 Å². The summed E-state index contributed by atoms with van der Waals surface area (Å²) < 4.78 is 0. The van der Waals surface area contributed by atoms with Crippen molar-refractivity contribution in [3.05, 3.63) is 42.4 Å².